The van der Waals surface area contributed by atoms with Crippen molar-refractivity contribution in [1.82, 2.24) is 4.57 Å². The molecule has 0 aliphatic rings. The van der Waals surface area contributed by atoms with Crippen molar-refractivity contribution in [2.45, 2.75) is 11.3 Å². The van der Waals surface area contributed by atoms with Gasteiger partial charge in [-0.25, -0.2) is 13.2 Å². The number of benzene rings is 2. The number of sulfonamides is 1. The highest BCUT2D eigenvalue weighted by Crippen LogP contribution is 2.21. The van der Waals surface area contributed by atoms with Crippen LogP contribution >= 0.6 is 0 Å². The van der Waals surface area contributed by atoms with Crippen molar-refractivity contribution in [2.75, 3.05) is 4.72 Å². The Morgan fingerprint density at radius 1 is 1.20 bits per heavy atom. The maximum atomic E-state index is 12.5. The number of carbonyl (C=O) groups excluding carboxylic acids is 1. The van der Waals surface area contributed by atoms with Crippen LogP contribution in [-0.4, -0.2) is 18.9 Å². The molecule has 1 heterocycles. The predicted molar refractivity (Wildman–Crippen MR) is 91.6 cm³/mol. The molecule has 1 amide bonds. The monoisotopic (exact) mass is 361 g/mol. The van der Waals surface area contributed by atoms with Crippen molar-refractivity contribution in [3.05, 3.63) is 58.6 Å². The van der Waals surface area contributed by atoms with Crippen LogP contribution in [0.3, 0.4) is 0 Å². The Balaban J connectivity index is 1.88. The van der Waals surface area contributed by atoms with Crippen molar-refractivity contribution in [2.24, 2.45) is 12.8 Å². The van der Waals surface area contributed by atoms with Crippen LogP contribution in [0.2, 0.25) is 0 Å². The Bertz CT molecular complexity index is 1110. The van der Waals surface area contributed by atoms with E-state index in [2.05, 4.69) is 4.72 Å². The van der Waals surface area contributed by atoms with Gasteiger partial charge in [-0.3, -0.25) is 14.1 Å². The summed E-state index contributed by atoms with van der Waals surface area (Å²) < 4.78 is 33.7. The maximum Gasteiger partial charge on any atom is 0.419 e. The predicted octanol–water partition coefficient (Wildman–Crippen LogP) is 0.960. The third-order valence-corrected chi connectivity index (χ3v) is 5.04. The number of aryl methyl sites for hydroxylation is 1. The van der Waals surface area contributed by atoms with Gasteiger partial charge in [0.2, 0.25) is 5.91 Å². The van der Waals surface area contributed by atoms with Crippen molar-refractivity contribution in [3.8, 4) is 0 Å². The van der Waals surface area contributed by atoms with Crippen molar-refractivity contribution < 1.29 is 17.6 Å². The number of nitrogens with one attached hydrogen (secondary N) is 1. The van der Waals surface area contributed by atoms with E-state index >= 15 is 0 Å². The molecule has 8 nitrogen and oxygen atoms in total. The quantitative estimate of drug-likeness (QED) is 0.700. The van der Waals surface area contributed by atoms with E-state index in [9.17, 15) is 18.0 Å². The van der Waals surface area contributed by atoms with Crippen molar-refractivity contribution >= 4 is 32.7 Å². The minimum Gasteiger partial charge on any atom is -0.408 e. The van der Waals surface area contributed by atoms with Crippen LogP contribution < -0.4 is 16.2 Å². The Morgan fingerprint density at radius 2 is 1.88 bits per heavy atom. The molecule has 0 fully saturated rings. The van der Waals surface area contributed by atoms with E-state index in [-0.39, 0.29) is 16.9 Å². The van der Waals surface area contributed by atoms with Crippen molar-refractivity contribution in [1.29, 1.82) is 0 Å². The molecular formula is C16H15N3O5S. The maximum absolute atomic E-state index is 12.5. The normalized spacial score (nSPS) is 11.6. The number of rotatable bonds is 5. The largest absolute Gasteiger partial charge is 0.419 e. The number of nitrogens with zero attached hydrogens (tertiary/aromatic N) is 1. The molecule has 0 radical (unpaired) electrons. The fraction of sp³-hybridized carbons (Fsp3) is 0.125. The zero-order valence-corrected chi connectivity index (χ0v) is 14.0. The lowest BCUT2D eigenvalue weighted by molar-refractivity contribution is -0.117. The molecular weight excluding hydrogens is 346 g/mol. The number of fused-ring (bicyclic) bond motifs is 1. The molecule has 0 unspecified atom stereocenters. The number of hydrogen-bond donors (Lipinski definition) is 2. The van der Waals surface area contributed by atoms with Crippen molar-refractivity contribution in [3.63, 3.8) is 0 Å². The van der Waals surface area contributed by atoms with E-state index in [0.717, 1.165) is 0 Å². The Kier molecular flexibility index (Phi) is 4.09. The van der Waals surface area contributed by atoms with Gasteiger partial charge in [0.25, 0.3) is 10.0 Å². The highest BCUT2D eigenvalue weighted by molar-refractivity contribution is 7.92. The molecule has 0 saturated heterocycles. The Morgan fingerprint density at radius 3 is 2.52 bits per heavy atom. The summed E-state index contributed by atoms with van der Waals surface area (Å²) in [6.45, 7) is 0. The Hall–Kier alpha value is -3.07. The third kappa shape index (κ3) is 3.41. The van der Waals surface area contributed by atoms with Crippen LogP contribution in [-0.2, 0) is 28.3 Å². The van der Waals surface area contributed by atoms with Crippen LogP contribution in [0, 0.1) is 0 Å². The number of carbonyl (C=O) groups is 1. The van der Waals surface area contributed by atoms with Crippen LogP contribution in [0.15, 0.2) is 56.6 Å². The van der Waals surface area contributed by atoms with Gasteiger partial charge in [0.05, 0.1) is 16.8 Å². The first kappa shape index (κ1) is 16.8. The number of amides is 1. The van der Waals surface area contributed by atoms with Gasteiger partial charge in [0.15, 0.2) is 5.58 Å². The molecule has 3 aromatic rings. The number of primary amides is 1. The first-order valence-electron chi connectivity index (χ1n) is 7.26. The number of nitrogens with two attached hydrogens (primary N) is 1. The average Bonchev–Trinajstić information content (AvgIpc) is 2.83. The van der Waals surface area contributed by atoms with Gasteiger partial charge in [0.1, 0.15) is 0 Å². The molecule has 0 saturated carbocycles. The summed E-state index contributed by atoms with van der Waals surface area (Å²) in [5.74, 6) is -1.03. The Labute approximate surface area is 142 Å². The van der Waals surface area contributed by atoms with Crippen LogP contribution in [0.25, 0.3) is 11.1 Å². The first-order chi connectivity index (χ1) is 11.8. The molecule has 1 aromatic heterocycles. The van der Waals surface area contributed by atoms with Crippen LogP contribution in [0.1, 0.15) is 5.56 Å². The molecule has 9 heteroatoms. The molecule has 0 aliphatic heterocycles. The van der Waals surface area contributed by atoms with Gasteiger partial charge in [-0.15, -0.1) is 0 Å². The molecule has 25 heavy (non-hydrogen) atoms. The lowest BCUT2D eigenvalue weighted by Crippen LogP contribution is -2.14. The summed E-state index contributed by atoms with van der Waals surface area (Å²) in [7, 11) is -2.32. The van der Waals surface area contributed by atoms with Gasteiger partial charge < -0.3 is 10.2 Å². The minimum absolute atomic E-state index is 0.0319. The molecule has 0 bridgehead atoms. The summed E-state index contributed by atoms with van der Waals surface area (Å²) in [5.41, 5.74) is 6.82. The lowest BCUT2D eigenvalue weighted by atomic mass is 10.1. The molecule has 130 valence electrons. The van der Waals surface area contributed by atoms with Crippen LogP contribution in [0.5, 0.6) is 0 Å². The summed E-state index contributed by atoms with van der Waals surface area (Å²) in [6, 6.07) is 10.5. The molecule has 0 aliphatic carbocycles. The second-order valence-electron chi connectivity index (χ2n) is 5.50. The van der Waals surface area contributed by atoms with Gasteiger partial charge in [-0.1, -0.05) is 12.1 Å². The average molecular weight is 361 g/mol. The smallest absolute Gasteiger partial charge is 0.408 e. The first-order valence-corrected chi connectivity index (χ1v) is 8.74. The molecule has 0 spiro atoms. The minimum atomic E-state index is -3.86. The summed E-state index contributed by atoms with van der Waals surface area (Å²) >= 11 is 0. The second-order valence-corrected chi connectivity index (χ2v) is 7.18. The van der Waals surface area contributed by atoms with E-state index in [4.69, 9.17) is 10.2 Å². The van der Waals surface area contributed by atoms with E-state index in [1.807, 2.05) is 0 Å². The topological polar surface area (TPSA) is 124 Å². The lowest BCUT2D eigenvalue weighted by Gasteiger charge is -2.08. The van der Waals surface area contributed by atoms with Crippen LogP contribution in [0.4, 0.5) is 5.69 Å². The zero-order valence-electron chi connectivity index (χ0n) is 13.2. The number of oxazole rings is 1. The number of hydrogen-bond acceptors (Lipinski definition) is 5. The fourth-order valence-electron chi connectivity index (χ4n) is 2.39. The molecule has 3 N–H and O–H groups in total. The molecule has 2 aromatic carbocycles. The summed E-state index contributed by atoms with van der Waals surface area (Å²) in [4.78, 5) is 22.3. The van der Waals surface area contributed by atoms with Gasteiger partial charge in [0, 0.05) is 18.8 Å². The highest BCUT2D eigenvalue weighted by atomic mass is 32.2. The van der Waals surface area contributed by atoms with E-state index < -0.39 is 21.7 Å². The zero-order chi connectivity index (χ0) is 18.2. The summed E-state index contributed by atoms with van der Waals surface area (Å²) in [6.07, 6.45) is 0.0801. The van der Waals surface area contributed by atoms with E-state index in [0.29, 0.717) is 16.8 Å². The van der Waals surface area contributed by atoms with E-state index in [1.165, 1.54) is 41.9 Å². The van der Waals surface area contributed by atoms with E-state index in [1.54, 1.807) is 12.1 Å². The number of anilines is 1. The van der Waals surface area contributed by atoms with Gasteiger partial charge in [-0.2, -0.15) is 0 Å². The standard InChI is InChI=1S/C16H15N3O5S/c1-19-13-7-6-12(9-14(13)24-16(19)21)25(22,23)18-11-4-2-10(3-5-11)8-15(17)20/h2-7,9,18H,8H2,1H3,(H2,17,20). The van der Waals surface area contributed by atoms with Gasteiger partial charge in [-0.05, 0) is 29.8 Å². The third-order valence-electron chi connectivity index (χ3n) is 3.66. The SMILES string of the molecule is Cn1c(=O)oc2cc(S(=O)(=O)Nc3ccc(CC(N)=O)cc3)ccc21. The fourth-order valence-corrected chi connectivity index (χ4v) is 3.46. The molecule has 0 atom stereocenters. The number of aromatic nitrogens is 1. The van der Waals surface area contributed by atoms with Gasteiger partial charge >= 0.3 is 5.76 Å². The summed E-state index contributed by atoms with van der Waals surface area (Å²) in [5, 5.41) is 0. The highest BCUT2D eigenvalue weighted by Gasteiger charge is 2.17. The molecule has 3 rings (SSSR count). The second kappa shape index (κ2) is 6.10.